The predicted molar refractivity (Wildman–Crippen MR) is 212 cm³/mol. The highest BCUT2D eigenvalue weighted by Crippen LogP contribution is 2.61. The van der Waals surface area contributed by atoms with Crippen LogP contribution in [0.2, 0.25) is 0 Å². The average molecular weight is 845 g/mol. The van der Waals surface area contributed by atoms with E-state index >= 15 is 0 Å². The number of nitro groups is 4. The van der Waals surface area contributed by atoms with Gasteiger partial charge in [0.15, 0.2) is 11.4 Å². The number of carbonyl (C=O) groups is 4. The van der Waals surface area contributed by atoms with Crippen molar-refractivity contribution in [3.63, 3.8) is 0 Å². The second-order valence-corrected chi connectivity index (χ2v) is 15.3. The number of phenolic OH excluding ortho intramolecular Hbond substituents is 1. The first-order valence-electron chi connectivity index (χ1n) is 18.4. The molecule has 0 bridgehead atoms. The molecule has 0 aromatic heterocycles. The molecule has 23 nitrogen and oxygen atoms in total. The number of methoxy groups -OCH3 is 2. The van der Waals surface area contributed by atoms with Gasteiger partial charge in [-0.05, 0) is 18.8 Å². The summed E-state index contributed by atoms with van der Waals surface area (Å²) in [7, 11) is 7.99. The Bertz CT molecular complexity index is 2490. The summed E-state index contributed by atoms with van der Waals surface area (Å²) in [4.78, 5) is 107. The van der Waals surface area contributed by atoms with Crippen LogP contribution in [0.4, 0.5) is 45.5 Å². The third kappa shape index (κ3) is 6.26. The number of aromatic hydroxyl groups is 1. The number of nitrogens with zero attached hydrogens (tertiary/aromatic N) is 8. The maximum atomic E-state index is 14.8. The molecule has 6 unspecified atom stereocenters. The molecule has 0 spiro atoms. The van der Waals surface area contributed by atoms with Gasteiger partial charge in [0, 0.05) is 76.1 Å². The van der Waals surface area contributed by atoms with Gasteiger partial charge in [0.25, 0.3) is 0 Å². The van der Waals surface area contributed by atoms with Crippen LogP contribution >= 0.6 is 0 Å². The summed E-state index contributed by atoms with van der Waals surface area (Å²) in [6, 6.07) is 6.17. The number of ether oxygens (including phenoxy) is 2. The number of benzene rings is 3. The summed E-state index contributed by atoms with van der Waals surface area (Å²) in [5.41, 5.74) is -4.40. The SMILES string of the molecule is COc1cc(O)c(C2C3=CCC4C(=O)N(c5cc([N+](=O)[O-])c(N(C)C)c([N+](=O)[O-])c5)C(=O)C4C3CC3C(=O)N(c4cc([N+](=O)[O-])c(N(C)C)c([N+](=O)[O-])c4)C(=O)C32)c(OC)c1. The Kier molecular flexibility index (Phi) is 10.1. The van der Waals surface area contributed by atoms with Crippen molar-refractivity contribution < 1.29 is 53.5 Å². The lowest BCUT2D eigenvalue weighted by atomic mass is 9.57. The normalized spacial score (nSPS) is 22.9. The Morgan fingerprint density at radius 2 is 1.07 bits per heavy atom. The zero-order valence-corrected chi connectivity index (χ0v) is 33.2. The van der Waals surface area contributed by atoms with Gasteiger partial charge >= 0.3 is 22.7 Å². The lowest BCUT2D eigenvalue weighted by molar-refractivity contribution is -0.392. The molecule has 2 aliphatic heterocycles. The highest BCUT2D eigenvalue weighted by molar-refractivity contribution is 6.24. The average Bonchev–Trinajstić information content (AvgIpc) is 3.61. The fourth-order valence-electron chi connectivity index (χ4n) is 9.52. The highest BCUT2D eigenvalue weighted by atomic mass is 16.6. The third-order valence-corrected chi connectivity index (χ3v) is 11.8. The lowest BCUT2D eigenvalue weighted by Gasteiger charge is -2.44. The molecule has 1 saturated carbocycles. The van der Waals surface area contributed by atoms with E-state index in [1.54, 1.807) is 6.08 Å². The van der Waals surface area contributed by atoms with Gasteiger partial charge < -0.3 is 24.4 Å². The van der Waals surface area contributed by atoms with Gasteiger partial charge in [0.05, 0.1) is 69.0 Å². The van der Waals surface area contributed by atoms with Gasteiger partial charge in [-0.3, -0.25) is 59.6 Å². The van der Waals surface area contributed by atoms with E-state index in [9.17, 15) is 64.7 Å². The largest absolute Gasteiger partial charge is 0.507 e. The van der Waals surface area contributed by atoms with E-state index in [1.807, 2.05) is 0 Å². The first-order chi connectivity index (χ1) is 28.7. The number of carbonyl (C=O) groups excluding carboxylic acids is 4. The van der Waals surface area contributed by atoms with E-state index in [0.29, 0.717) is 15.4 Å². The molecule has 3 fully saturated rings. The van der Waals surface area contributed by atoms with Gasteiger partial charge in [0.1, 0.15) is 17.2 Å². The van der Waals surface area contributed by atoms with E-state index < -0.39 is 124 Å². The Labute approximate surface area is 343 Å². The van der Waals surface area contributed by atoms with Crippen LogP contribution in [0.1, 0.15) is 24.3 Å². The molecule has 61 heavy (non-hydrogen) atoms. The van der Waals surface area contributed by atoms with E-state index in [4.69, 9.17) is 9.47 Å². The van der Waals surface area contributed by atoms with Gasteiger partial charge in [-0.2, -0.15) is 0 Å². The molecule has 6 atom stereocenters. The summed E-state index contributed by atoms with van der Waals surface area (Å²) < 4.78 is 11.0. The van der Waals surface area contributed by atoms with Crippen molar-refractivity contribution in [1.29, 1.82) is 0 Å². The molecule has 4 aliphatic rings. The fourth-order valence-corrected chi connectivity index (χ4v) is 9.52. The van der Waals surface area contributed by atoms with Crippen molar-refractivity contribution in [2.75, 3.05) is 62.0 Å². The quantitative estimate of drug-likeness (QED) is 0.122. The minimum absolute atomic E-state index is 0.000589. The molecular formula is C38H36N8O15. The van der Waals surface area contributed by atoms with Gasteiger partial charge in [-0.1, -0.05) is 11.6 Å². The van der Waals surface area contributed by atoms with Crippen molar-refractivity contribution in [1.82, 2.24) is 0 Å². The van der Waals surface area contributed by atoms with Crippen LogP contribution in [0.5, 0.6) is 17.2 Å². The van der Waals surface area contributed by atoms with Crippen molar-refractivity contribution in [3.05, 3.63) is 94.1 Å². The second-order valence-electron chi connectivity index (χ2n) is 15.3. The number of anilines is 4. The van der Waals surface area contributed by atoms with Gasteiger partial charge in [-0.25, -0.2) is 9.80 Å². The predicted octanol–water partition coefficient (Wildman–Crippen LogP) is 4.22. The number of hydrogen-bond acceptors (Lipinski definition) is 17. The molecular weight excluding hydrogens is 808 g/mol. The lowest BCUT2D eigenvalue weighted by Crippen LogP contribution is -2.43. The molecule has 2 saturated heterocycles. The molecule has 3 aromatic rings. The molecule has 7 rings (SSSR count). The fraction of sp³-hybridized carbons (Fsp3) is 0.368. The number of hydrogen-bond donors (Lipinski definition) is 1. The van der Waals surface area contributed by atoms with Crippen LogP contribution in [-0.2, 0) is 19.2 Å². The van der Waals surface area contributed by atoms with Gasteiger partial charge in [-0.15, -0.1) is 0 Å². The van der Waals surface area contributed by atoms with Crippen molar-refractivity contribution in [2.45, 2.75) is 18.8 Å². The topological polar surface area (TPSA) is 292 Å². The Morgan fingerprint density at radius 3 is 1.48 bits per heavy atom. The number of allylic oxidation sites excluding steroid dienone is 2. The van der Waals surface area contributed by atoms with E-state index in [-0.39, 0.29) is 35.6 Å². The summed E-state index contributed by atoms with van der Waals surface area (Å²) in [6.45, 7) is 0. The van der Waals surface area contributed by atoms with Crippen LogP contribution in [0.15, 0.2) is 48.0 Å². The molecule has 23 heteroatoms. The Morgan fingerprint density at radius 1 is 0.623 bits per heavy atom. The summed E-state index contributed by atoms with van der Waals surface area (Å²) >= 11 is 0. The van der Waals surface area contributed by atoms with Crippen LogP contribution < -0.4 is 29.1 Å². The van der Waals surface area contributed by atoms with E-state index in [0.717, 1.165) is 34.1 Å². The maximum absolute atomic E-state index is 14.8. The summed E-state index contributed by atoms with van der Waals surface area (Å²) in [5, 5.41) is 60.5. The van der Waals surface area contributed by atoms with Crippen LogP contribution in [0, 0.1) is 70.0 Å². The van der Waals surface area contributed by atoms with Crippen molar-refractivity contribution >= 4 is 69.1 Å². The molecule has 3 aromatic carbocycles. The zero-order valence-electron chi connectivity index (χ0n) is 33.2. The number of imide groups is 2. The first-order valence-corrected chi connectivity index (χ1v) is 18.4. The molecule has 2 heterocycles. The summed E-state index contributed by atoms with van der Waals surface area (Å²) in [6.07, 6.45) is 1.19. The van der Waals surface area contributed by atoms with Crippen molar-refractivity contribution in [3.8, 4) is 17.2 Å². The second kappa shape index (κ2) is 14.8. The first kappa shape index (κ1) is 41.4. The zero-order chi connectivity index (χ0) is 44.7. The molecule has 318 valence electrons. The number of nitro benzene ring substituents is 4. The van der Waals surface area contributed by atoms with Crippen LogP contribution in [-0.4, -0.2) is 90.8 Å². The number of phenols is 1. The molecule has 4 amide bonds. The third-order valence-electron chi connectivity index (χ3n) is 11.8. The molecule has 1 N–H and O–H groups in total. The maximum Gasteiger partial charge on any atom is 0.301 e. The molecule has 0 radical (unpaired) electrons. The highest BCUT2D eigenvalue weighted by Gasteiger charge is 2.63. The van der Waals surface area contributed by atoms with Gasteiger partial charge in [0.2, 0.25) is 23.6 Å². The number of rotatable bonds is 11. The Hall–Kier alpha value is -7.72. The Balaban J connectivity index is 1.40. The van der Waals surface area contributed by atoms with E-state index in [2.05, 4.69) is 0 Å². The minimum Gasteiger partial charge on any atom is -0.507 e. The number of amides is 4. The van der Waals surface area contributed by atoms with Crippen LogP contribution in [0.3, 0.4) is 0 Å². The van der Waals surface area contributed by atoms with Crippen LogP contribution in [0.25, 0.3) is 0 Å². The standard InChI is InChI=1S/C38H36N8O15/c1-39(2)33-23(43(52)53)9-16(10-24(33)44(54)55)41-35(48)20-8-7-19-21(29(20)37(41)50)15-22-31(30(19)32-27(47)13-18(60-5)14-28(32)61-6)38(51)42(36(22)49)17-11-25(45(56)57)34(40(3)4)26(12-17)46(58)59/h7,9-14,20-22,29-31,47H,8,15H2,1-6H3. The minimum atomic E-state index is -1.39. The van der Waals surface area contributed by atoms with Crippen molar-refractivity contribution in [2.24, 2.45) is 29.6 Å². The summed E-state index contributed by atoms with van der Waals surface area (Å²) in [5.74, 6) is -11.4. The van der Waals surface area contributed by atoms with E-state index in [1.165, 1.54) is 54.5 Å². The molecule has 2 aliphatic carbocycles. The number of fused-ring (bicyclic) bond motifs is 4. The smallest absolute Gasteiger partial charge is 0.301 e. The monoisotopic (exact) mass is 844 g/mol.